The molecule has 0 fully saturated rings. The van der Waals surface area contributed by atoms with Crippen LogP contribution in [0.1, 0.15) is 5.56 Å². The summed E-state index contributed by atoms with van der Waals surface area (Å²) in [5.74, 6) is 0.576. The summed E-state index contributed by atoms with van der Waals surface area (Å²) < 4.78 is 1.28. The summed E-state index contributed by atoms with van der Waals surface area (Å²) in [6.45, 7) is 1.98. The number of fused-ring (bicyclic) bond motifs is 1. The third-order valence-electron chi connectivity index (χ3n) is 2.72. The molecule has 0 aliphatic carbocycles. The molecule has 3 aromatic rings. The molecule has 4 heteroatoms. The Hall–Kier alpha value is -1.81. The highest BCUT2D eigenvalue weighted by Crippen LogP contribution is 2.34. The van der Waals surface area contributed by atoms with E-state index in [4.69, 9.17) is 5.73 Å². The third kappa shape index (κ3) is 1.31. The molecule has 3 nitrogen and oxygen atoms in total. The van der Waals surface area contributed by atoms with Gasteiger partial charge in [0.15, 0.2) is 0 Å². The van der Waals surface area contributed by atoms with E-state index < -0.39 is 0 Å². The number of aromatic nitrogens is 2. The fourth-order valence-corrected chi connectivity index (χ4v) is 2.87. The van der Waals surface area contributed by atoms with Crippen LogP contribution in [0.2, 0.25) is 0 Å². The third-order valence-corrected chi connectivity index (χ3v) is 3.85. The van der Waals surface area contributed by atoms with E-state index >= 15 is 0 Å². The minimum Gasteiger partial charge on any atom is -0.382 e. The van der Waals surface area contributed by atoms with E-state index in [9.17, 15) is 0 Å². The number of thiophene rings is 1. The first-order valence-electron chi connectivity index (χ1n) is 5.05. The normalized spacial score (nSPS) is 11.1. The second-order valence-corrected chi connectivity index (χ2v) is 4.84. The van der Waals surface area contributed by atoms with Gasteiger partial charge in [-0.05, 0) is 24.4 Å². The zero-order chi connectivity index (χ0) is 11.1. The molecular formula is C12H11N3S. The topological polar surface area (TPSA) is 54.7 Å². The first kappa shape index (κ1) is 9.42. The van der Waals surface area contributed by atoms with E-state index in [1.54, 1.807) is 11.3 Å². The van der Waals surface area contributed by atoms with E-state index in [1.807, 2.05) is 13.0 Å². The van der Waals surface area contributed by atoms with Crippen molar-refractivity contribution in [1.82, 2.24) is 10.2 Å². The Balaban J connectivity index is 2.23. The Labute approximate surface area is 96.9 Å². The van der Waals surface area contributed by atoms with Gasteiger partial charge in [0, 0.05) is 10.3 Å². The molecule has 2 heterocycles. The molecular weight excluding hydrogens is 218 g/mol. The number of benzene rings is 1. The van der Waals surface area contributed by atoms with Gasteiger partial charge >= 0.3 is 0 Å². The van der Waals surface area contributed by atoms with Gasteiger partial charge in [-0.2, -0.15) is 5.10 Å². The Kier molecular flexibility index (Phi) is 1.97. The zero-order valence-electron chi connectivity index (χ0n) is 8.82. The van der Waals surface area contributed by atoms with Gasteiger partial charge in [-0.1, -0.05) is 18.2 Å². The lowest BCUT2D eigenvalue weighted by Gasteiger charge is -1.92. The Morgan fingerprint density at radius 2 is 2.12 bits per heavy atom. The number of rotatable bonds is 1. The van der Waals surface area contributed by atoms with Crippen molar-refractivity contribution >= 4 is 27.2 Å². The fourth-order valence-electron chi connectivity index (χ4n) is 1.76. The van der Waals surface area contributed by atoms with Crippen LogP contribution < -0.4 is 5.73 Å². The van der Waals surface area contributed by atoms with Gasteiger partial charge in [0.05, 0.1) is 10.6 Å². The van der Waals surface area contributed by atoms with Crippen LogP contribution in [0.3, 0.4) is 0 Å². The Morgan fingerprint density at radius 1 is 1.31 bits per heavy atom. The van der Waals surface area contributed by atoms with Crippen LogP contribution >= 0.6 is 11.3 Å². The molecule has 0 aliphatic heterocycles. The summed E-state index contributed by atoms with van der Waals surface area (Å²) in [6.07, 6.45) is 0. The first-order chi connectivity index (χ1) is 7.75. The van der Waals surface area contributed by atoms with Crippen LogP contribution in [0.5, 0.6) is 0 Å². The lowest BCUT2D eigenvalue weighted by Crippen LogP contribution is -1.85. The van der Waals surface area contributed by atoms with Gasteiger partial charge in [-0.15, -0.1) is 11.3 Å². The molecule has 0 amide bonds. The van der Waals surface area contributed by atoms with Gasteiger partial charge in [-0.25, -0.2) is 0 Å². The summed E-state index contributed by atoms with van der Waals surface area (Å²) in [6, 6.07) is 10.5. The number of anilines is 1. The Bertz CT molecular complexity index is 618. The van der Waals surface area contributed by atoms with Crippen molar-refractivity contribution < 1.29 is 0 Å². The highest BCUT2D eigenvalue weighted by molar-refractivity contribution is 7.22. The van der Waals surface area contributed by atoms with Crippen molar-refractivity contribution in [3.05, 3.63) is 35.9 Å². The van der Waals surface area contributed by atoms with E-state index in [1.165, 1.54) is 15.0 Å². The molecule has 16 heavy (non-hydrogen) atoms. The average molecular weight is 229 g/mol. The minimum absolute atomic E-state index is 0.576. The van der Waals surface area contributed by atoms with Gasteiger partial charge in [-0.3, -0.25) is 5.10 Å². The number of aromatic amines is 1. The maximum atomic E-state index is 5.73. The van der Waals surface area contributed by atoms with Crippen molar-refractivity contribution in [2.24, 2.45) is 0 Å². The number of hydrogen-bond donors (Lipinski definition) is 2. The fraction of sp³-hybridized carbons (Fsp3) is 0.0833. The molecule has 0 saturated heterocycles. The van der Waals surface area contributed by atoms with E-state index in [2.05, 4.69) is 34.5 Å². The zero-order valence-corrected chi connectivity index (χ0v) is 9.64. The highest BCUT2D eigenvalue weighted by atomic mass is 32.1. The van der Waals surface area contributed by atoms with Gasteiger partial charge < -0.3 is 5.73 Å². The SMILES string of the molecule is Cc1c(N)n[nH]c1-c1cc2ccccc2s1. The molecule has 0 bridgehead atoms. The molecule has 80 valence electrons. The summed E-state index contributed by atoms with van der Waals surface area (Å²) in [5, 5.41) is 8.27. The molecule has 0 radical (unpaired) electrons. The predicted octanol–water partition coefficient (Wildman–Crippen LogP) is 3.18. The van der Waals surface area contributed by atoms with Crippen molar-refractivity contribution in [3.8, 4) is 10.6 Å². The van der Waals surface area contributed by atoms with Crippen molar-refractivity contribution in [1.29, 1.82) is 0 Å². The maximum Gasteiger partial charge on any atom is 0.148 e. The largest absolute Gasteiger partial charge is 0.382 e. The molecule has 1 aromatic carbocycles. The van der Waals surface area contributed by atoms with Gasteiger partial charge in [0.1, 0.15) is 5.82 Å². The van der Waals surface area contributed by atoms with Crippen molar-refractivity contribution in [3.63, 3.8) is 0 Å². The van der Waals surface area contributed by atoms with Crippen molar-refractivity contribution in [2.75, 3.05) is 5.73 Å². The second-order valence-electron chi connectivity index (χ2n) is 3.76. The van der Waals surface area contributed by atoms with Crippen LogP contribution in [-0.2, 0) is 0 Å². The van der Waals surface area contributed by atoms with Gasteiger partial charge in [0.25, 0.3) is 0 Å². The summed E-state index contributed by atoms with van der Waals surface area (Å²) in [5.41, 5.74) is 7.78. The van der Waals surface area contributed by atoms with E-state index in [0.29, 0.717) is 5.82 Å². The number of H-pyrrole nitrogens is 1. The van der Waals surface area contributed by atoms with Crippen LogP contribution in [0.4, 0.5) is 5.82 Å². The van der Waals surface area contributed by atoms with Crippen LogP contribution in [-0.4, -0.2) is 10.2 Å². The molecule has 0 atom stereocenters. The lowest BCUT2D eigenvalue weighted by atomic mass is 10.2. The standard InChI is InChI=1S/C12H11N3S/c1-7-11(14-15-12(7)13)10-6-8-4-2-3-5-9(8)16-10/h2-6H,1H3,(H3,13,14,15). The van der Waals surface area contributed by atoms with Crippen molar-refractivity contribution in [2.45, 2.75) is 6.92 Å². The van der Waals surface area contributed by atoms with Crippen LogP contribution in [0.15, 0.2) is 30.3 Å². The first-order valence-corrected chi connectivity index (χ1v) is 5.87. The van der Waals surface area contributed by atoms with E-state index in [0.717, 1.165) is 11.3 Å². The predicted molar refractivity (Wildman–Crippen MR) is 68.6 cm³/mol. The summed E-state index contributed by atoms with van der Waals surface area (Å²) in [4.78, 5) is 1.18. The molecule has 3 N–H and O–H groups in total. The molecule has 0 unspecified atom stereocenters. The minimum atomic E-state index is 0.576. The number of nitrogens with one attached hydrogen (secondary N) is 1. The molecule has 2 aromatic heterocycles. The molecule has 0 spiro atoms. The average Bonchev–Trinajstić information content (AvgIpc) is 2.84. The number of hydrogen-bond acceptors (Lipinski definition) is 3. The maximum absolute atomic E-state index is 5.73. The van der Waals surface area contributed by atoms with Crippen LogP contribution in [0.25, 0.3) is 20.7 Å². The molecule has 3 rings (SSSR count). The number of nitrogens with two attached hydrogens (primary N) is 1. The Morgan fingerprint density at radius 3 is 2.81 bits per heavy atom. The summed E-state index contributed by atoms with van der Waals surface area (Å²) >= 11 is 1.75. The van der Waals surface area contributed by atoms with E-state index in [-0.39, 0.29) is 0 Å². The number of nitrogen functional groups attached to an aromatic ring is 1. The van der Waals surface area contributed by atoms with Crippen LogP contribution in [0, 0.1) is 6.92 Å². The monoisotopic (exact) mass is 229 g/mol. The molecule has 0 saturated carbocycles. The quantitative estimate of drug-likeness (QED) is 0.673. The second kappa shape index (κ2) is 3.35. The smallest absolute Gasteiger partial charge is 0.148 e. The summed E-state index contributed by atoms with van der Waals surface area (Å²) in [7, 11) is 0. The number of nitrogens with zero attached hydrogens (tertiary/aromatic N) is 1. The molecule has 0 aliphatic rings. The highest BCUT2D eigenvalue weighted by Gasteiger charge is 2.10. The van der Waals surface area contributed by atoms with Gasteiger partial charge in [0.2, 0.25) is 0 Å². The lowest BCUT2D eigenvalue weighted by molar-refractivity contribution is 1.11.